The summed E-state index contributed by atoms with van der Waals surface area (Å²) < 4.78 is 22.3. The molecule has 0 aromatic heterocycles. The highest BCUT2D eigenvalue weighted by Crippen LogP contribution is 2.36. The molecule has 1 heterocycles. The van der Waals surface area contributed by atoms with Gasteiger partial charge in [0, 0.05) is 5.54 Å². The normalized spacial score (nSPS) is 18.4. The van der Waals surface area contributed by atoms with Crippen molar-refractivity contribution in [2.45, 2.75) is 71.1 Å². The number of benzene rings is 2. The number of rotatable bonds is 13. The van der Waals surface area contributed by atoms with Crippen molar-refractivity contribution in [1.82, 2.24) is 4.90 Å². The lowest BCUT2D eigenvalue weighted by molar-refractivity contribution is -0.148. The van der Waals surface area contributed by atoms with Crippen LogP contribution in [-0.2, 0) is 43.0 Å². The summed E-state index contributed by atoms with van der Waals surface area (Å²) in [7, 11) is 0. The Morgan fingerprint density at radius 2 is 1.79 bits per heavy atom. The summed E-state index contributed by atoms with van der Waals surface area (Å²) in [4.78, 5) is 26.2. The van der Waals surface area contributed by atoms with Gasteiger partial charge in [0.2, 0.25) is 0 Å². The average Bonchev–Trinajstić information content (AvgIpc) is 3.48. The van der Waals surface area contributed by atoms with E-state index in [2.05, 4.69) is 38.1 Å². The minimum Gasteiger partial charge on any atom is -0.464 e. The highest BCUT2D eigenvalue weighted by molar-refractivity contribution is 5.71. The van der Waals surface area contributed by atoms with Crippen LogP contribution in [-0.4, -0.2) is 61.6 Å². The van der Waals surface area contributed by atoms with E-state index in [0.29, 0.717) is 38.7 Å². The molecule has 1 saturated heterocycles. The zero-order chi connectivity index (χ0) is 27.1. The molecule has 1 amide bonds. The largest absolute Gasteiger partial charge is 0.464 e. The maximum Gasteiger partial charge on any atom is 0.410 e. The van der Waals surface area contributed by atoms with Gasteiger partial charge < -0.3 is 18.9 Å². The second kappa shape index (κ2) is 12.8. The van der Waals surface area contributed by atoms with Gasteiger partial charge in [-0.3, -0.25) is 4.90 Å². The molecular weight excluding hydrogens is 482 g/mol. The number of cyclic esters (lactones) is 1. The number of fused-ring (bicyclic) bond motifs is 1. The lowest BCUT2D eigenvalue weighted by Crippen LogP contribution is -2.46. The number of ether oxygens (including phenoxy) is 4. The minimum absolute atomic E-state index is 0.0460. The van der Waals surface area contributed by atoms with Gasteiger partial charge in [-0.25, -0.2) is 9.59 Å². The van der Waals surface area contributed by atoms with Crippen LogP contribution in [0.25, 0.3) is 0 Å². The smallest absolute Gasteiger partial charge is 0.410 e. The Balaban J connectivity index is 1.25. The Labute approximate surface area is 226 Å². The Morgan fingerprint density at radius 3 is 2.50 bits per heavy atom. The summed E-state index contributed by atoms with van der Waals surface area (Å²) in [6.45, 7) is 9.65. The molecule has 0 bridgehead atoms. The van der Waals surface area contributed by atoms with E-state index in [4.69, 9.17) is 18.9 Å². The van der Waals surface area contributed by atoms with Gasteiger partial charge >= 0.3 is 12.1 Å². The van der Waals surface area contributed by atoms with Gasteiger partial charge in [-0.15, -0.1) is 0 Å². The molecule has 4 rings (SSSR count). The predicted molar refractivity (Wildman–Crippen MR) is 145 cm³/mol. The van der Waals surface area contributed by atoms with Crippen LogP contribution in [0.4, 0.5) is 4.79 Å². The van der Waals surface area contributed by atoms with Gasteiger partial charge in [0.15, 0.2) is 0 Å². The quantitative estimate of drug-likeness (QED) is 0.262. The average molecular weight is 524 g/mol. The van der Waals surface area contributed by atoms with Gasteiger partial charge in [0.1, 0.15) is 12.7 Å². The maximum atomic E-state index is 12.8. The fourth-order valence-electron chi connectivity index (χ4n) is 5.75. The van der Waals surface area contributed by atoms with Crippen molar-refractivity contribution in [2.24, 2.45) is 5.92 Å². The highest BCUT2D eigenvalue weighted by Gasteiger charge is 2.42. The molecule has 2 aromatic carbocycles. The first kappa shape index (κ1) is 28.1. The van der Waals surface area contributed by atoms with Crippen molar-refractivity contribution in [3.05, 3.63) is 70.8 Å². The topological polar surface area (TPSA) is 74.3 Å². The monoisotopic (exact) mass is 523 g/mol. The molecular formula is C31H41NO6. The molecule has 2 aliphatic rings. The maximum absolute atomic E-state index is 12.8. The lowest BCUT2D eigenvalue weighted by atomic mass is 9.87. The molecule has 0 radical (unpaired) electrons. The Kier molecular flexibility index (Phi) is 9.44. The summed E-state index contributed by atoms with van der Waals surface area (Å²) in [6, 6.07) is 16.7. The van der Waals surface area contributed by atoms with Gasteiger partial charge in [0.25, 0.3) is 0 Å². The first-order valence-corrected chi connectivity index (χ1v) is 13.7. The molecule has 1 aliphatic heterocycles. The van der Waals surface area contributed by atoms with Crippen LogP contribution < -0.4 is 0 Å². The fraction of sp³-hybridized carbons (Fsp3) is 0.548. The first-order valence-electron chi connectivity index (χ1n) is 13.7. The van der Waals surface area contributed by atoms with E-state index in [1.54, 1.807) is 6.92 Å². The molecule has 38 heavy (non-hydrogen) atoms. The predicted octanol–water partition coefficient (Wildman–Crippen LogP) is 5.29. The second-order valence-corrected chi connectivity index (χ2v) is 11.0. The van der Waals surface area contributed by atoms with Gasteiger partial charge in [0.05, 0.1) is 32.5 Å². The van der Waals surface area contributed by atoms with Crippen LogP contribution in [0.3, 0.4) is 0 Å². The van der Waals surface area contributed by atoms with E-state index in [9.17, 15) is 9.59 Å². The SMILES string of the molecule is CCOC(=O)COCCc1ccccc1[C@@H](C)OC[C@H]1CN(C(C)(C)CC2Cc3ccccc3C2)C(=O)O1. The first-order chi connectivity index (χ1) is 18.3. The molecule has 206 valence electrons. The molecule has 1 aliphatic carbocycles. The number of hydrogen-bond donors (Lipinski definition) is 0. The zero-order valence-corrected chi connectivity index (χ0v) is 23.1. The molecule has 1 fully saturated rings. The van der Waals surface area contributed by atoms with E-state index >= 15 is 0 Å². The second-order valence-electron chi connectivity index (χ2n) is 11.0. The van der Waals surface area contributed by atoms with E-state index in [1.165, 1.54) is 11.1 Å². The third-order valence-electron chi connectivity index (χ3n) is 7.59. The summed E-state index contributed by atoms with van der Waals surface area (Å²) in [5.41, 5.74) is 4.74. The van der Waals surface area contributed by atoms with Crippen molar-refractivity contribution < 1.29 is 28.5 Å². The molecule has 0 N–H and O–H groups in total. The van der Waals surface area contributed by atoms with Crippen LogP contribution in [0.5, 0.6) is 0 Å². The molecule has 2 aromatic rings. The minimum atomic E-state index is -0.353. The number of esters is 1. The van der Waals surface area contributed by atoms with Crippen LogP contribution in [0, 0.1) is 5.92 Å². The number of amides is 1. The van der Waals surface area contributed by atoms with Crippen molar-refractivity contribution >= 4 is 12.1 Å². The number of carbonyl (C=O) groups is 2. The van der Waals surface area contributed by atoms with Gasteiger partial charge in [-0.05, 0) is 81.5 Å². The summed E-state index contributed by atoms with van der Waals surface area (Å²) >= 11 is 0. The zero-order valence-electron chi connectivity index (χ0n) is 23.1. The summed E-state index contributed by atoms with van der Waals surface area (Å²) in [5.74, 6) is 0.178. The number of carbonyl (C=O) groups excluding carboxylic acids is 2. The Morgan fingerprint density at radius 1 is 1.11 bits per heavy atom. The van der Waals surface area contributed by atoms with Crippen molar-refractivity contribution in [1.29, 1.82) is 0 Å². The molecule has 0 unspecified atom stereocenters. The van der Waals surface area contributed by atoms with Gasteiger partial charge in [-0.2, -0.15) is 0 Å². The fourth-order valence-corrected chi connectivity index (χ4v) is 5.75. The number of nitrogens with zero attached hydrogens (tertiary/aromatic N) is 1. The lowest BCUT2D eigenvalue weighted by Gasteiger charge is -2.35. The van der Waals surface area contributed by atoms with E-state index < -0.39 is 0 Å². The molecule has 7 nitrogen and oxygen atoms in total. The number of hydrogen-bond acceptors (Lipinski definition) is 6. The molecule has 2 atom stereocenters. The van der Waals surface area contributed by atoms with Crippen LogP contribution in [0.15, 0.2) is 48.5 Å². The third-order valence-corrected chi connectivity index (χ3v) is 7.59. The van der Waals surface area contributed by atoms with Crippen LogP contribution in [0.1, 0.15) is 62.5 Å². The summed E-state index contributed by atoms with van der Waals surface area (Å²) in [6.07, 6.45) is 3.01. The standard InChI is InChI=1S/C31H41NO6/c1-5-36-29(33)21-35-15-14-24-10-8-9-13-28(24)22(2)37-20-27-19-32(30(34)38-27)31(3,4)18-23-16-25-11-6-7-12-26(25)17-23/h6-13,22-23,27H,5,14-21H2,1-4H3/t22-,27-/m1/s1. The molecule has 0 spiro atoms. The highest BCUT2D eigenvalue weighted by atomic mass is 16.6. The molecule has 7 heteroatoms. The van der Waals surface area contributed by atoms with Crippen molar-refractivity contribution in [3.63, 3.8) is 0 Å². The Bertz CT molecular complexity index is 1070. The van der Waals surface area contributed by atoms with E-state index in [1.807, 2.05) is 36.1 Å². The molecule has 0 saturated carbocycles. The Hall–Kier alpha value is -2.90. The van der Waals surface area contributed by atoms with Gasteiger partial charge in [-0.1, -0.05) is 48.5 Å². The van der Waals surface area contributed by atoms with E-state index in [-0.39, 0.29) is 36.4 Å². The summed E-state index contributed by atoms with van der Waals surface area (Å²) in [5, 5.41) is 0. The van der Waals surface area contributed by atoms with Crippen molar-refractivity contribution in [3.8, 4) is 0 Å². The van der Waals surface area contributed by atoms with E-state index in [0.717, 1.165) is 30.4 Å². The van der Waals surface area contributed by atoms with Crippen molar-refractivity contribution in [2.75, 3.05) is 33.0 Å². The van der Waals surface area contributed by atoms with Crippen LogP contribution in [0.2, 0.25) is 0 Å². The third kappa shape index (κ3) is 7.14. The van der Waals surface area contributed by atoms with Crippen LogP contribution >= 0.6 is 0 Å².